The number of nitrogens with zero attached hydrogens (tertiary/aromatic N) is 1. The van der Waals surface area contributed by atoms with Crippen LogP contribution in [-0.4, -0.2) is 26.5 Å². The monoisotopic (exact) mass is 452 g/mol. The van der Waals surface area contributed by atoms with Crippen LogP contribution in [-0.2, 0) is 4.79 Å². The Morgan fingerprint density at radius 3 is 2.52 bits per heavy atom. The maximum Gasteiger partial charge on any atom is 0.250 e. The summed E-state index contributed by atoms with van der Waals surface area (Å²) in [5.41, 5.74) is 1.32. The van der Waals surface area contributed by atoms with E-state index in [2.05, 4.69) is 44.2 Å². The van der Waals surface area contributed by atoms with Crippen LogP contribution in [0.25, 0.3) is 0 Å². The molecule has 4 nitrogen and oxygen atoms in total. The van der Waals surface area contributed by atoms with Crippen LogP contribution in [0, 0.1) is 5.82 Å². The number of fused-ring (bicyclic) bond motifs is 1. The van der Waals surface area contributed by atoms with Gasteiger partial charge in [0.2, 0.25) is 14.2 Å². The van der Waals surface area contributed by atoms with Gasteiger partial charge in [0.15, 0.2) is 0 Å². The normalized spacial score (nSPS) is 14.6. The lowest BCUT2D eigenvalue weighted by atomic mass is 9.99. The number of rotatable bonds is 3. The molecule has 0 aliphatic carbocycles. The second kappa shape index (κ2) is 7.74. The Kier molecular flexibility index (Phi) is 5.82. The lowest BCUT2D eigenvalue weighted by molar-refractivity contribution is -0.114. The van der Waals surface area contributed by atoms with Crippen molar-refractivity contribution in [3.8, 4) is 5.75 Å². The molecule has 0 unspecified atom stereocenters. The number of amides is 1. The van der Waals surface area contributed by atoms with Crippen LogP contribution >= 0.6 is 23.2 Å². The Bertz CT molecular complexity index is 1020. The van der Waals surface area contributed by atoms with E-state index < -0.39 is 14.1 Å². The van der Waals surface area contributed by atoms with Crippen molar-refractivity contribution in [2.75, 3.05) is 11.9 Å². The van der Waals surface area contributed by atoms with Gasteiger partial charge in [-0.25, -0.2) is 4.39 Å². The molecule has 1 aliphatic rings. The van der Waals surface area contributed by atoms with Crippen molar-refractivity contribution in [1.82, 2.24) is 0 Å². The molecule has 8 heteroatoms. The van der Waals surface area contributed by atoms with Gasteiger partial charge in [0.1, 0.15) is 18.1 Å². The Labute approximate surface area is 181 Å². The van der Waals surface area contributed by atoms with Gasteiger partial charge in [0, 0.05) is 11.1 Å². The number of halogens is 3. The van der Waals surface area contributed by atoms with E-state index in [0.29, 0.717) is 22.0 Å². The fourth-order valence-corrected chi connectivity index (χ4v) is 4.16. The van der Waals surface area contributed by atoms with Crippen molar-refractivity contribution in [1.29, 1.82) is 0 Å². The Balaban J connectivity index is 2.14. The van der Waals surface area contributed by atoms with Crippen molar-refractivity contribution in [2.45, 2.75) is 38.9 Å². The maximum absolute atomic E-state index is 14.9. The molecule has 3 rings (SSSR count). The van der Waals surface area contributed by atoms with E-state index in [9.17, 15) is 9.18 Å². The lowest BCUT2D eigenvalue weighted by Crippen LogP contribution is -2.43. The molecule has 0 atom stereocenters. The molecule has 154 valence electrons. The molecule has 0 radical (unpaired) electrons. The van der Waals surface area contributed by atoms with Crippen LogP contribution in [0.5, 0.6) is 5.75 Å². The third-order valence-electron chi connectivity index (χ3n) is 5.36. The first-order valence-electron chi connectivity index (χ1n) is 9.22. The van der Waals surface area contributed by atoms with Crippen molar-refractivity contribution < 1.29 is 13.6 Å². The fraction of sp³-hybridized carbons (Fsp3) is 0.333. The van der Waals surface area contributed by atoms with Crippen LogP contribution in [0.15, 0.2) is 35.3 Å². The summed E-state index contributed by atoms with van der Waals surface area (Å²) in [5.74, 6) is -0.240. The predicted octanol–water partition coefficient (Wildman–Crippen LogP) is 6.31. The molecule has 0 fully saturated rings. The zero-order valence-electron chi connectivity index (χ0n) is 17.0. The highest BCUT2D eigenvalue weighted by Crippen LogP contribution is 2.39. The lowest BCUT2D eigenvalue weighted by Gasteiger charge is -2.36. The quantitative estimate of drug-likeness (QED) is 0.554. The molecular formula is C21H23Cl2FN2O2Si. The number of nitrogens with one attached hydrogen (secondary N) is 1. The van der Waals surface area contributed by atoms with E-state index >= 15 is 0 Å². The largest absolute Gasteiger partial charge is 0.543 e. The molecule has 1 amide bonds. The van der Waals surface area contributed by atoms with Gasteiger partial charge in [-0.15, -0.1) is 0 Å². The minimum atomic E-state index is -2.12. The average molecular weight is 453 g/mol. The van der Waals surface area contributed by atoms with Crippen LogP contribution in [0.4, 0.5) is 10.1 Å². The van der Waals surface area contributed by atoms with Crippen LogP contribution in [0.3, 0.4) is 0 Å². The summed E-state index contributed by atoms with van der Waals surface area (Å²) in [6.07, 6.45) is 0. The third-order valence-corrected chi connectivity index (χ3v) is 10.5. The number of aliphatic imine (C=N–C) groups is 1. The minimum absolute atomic E-state index is 0.0127. The second-order valence-electron chi connectivity index (χ2n) is 8.50. The topological polar surface area (TPSA) is 50.7 Å². The molecule has 1 aliphatic heterocycles. The Morgan fingerprint density at radius 1 is 1.17 bits per heavy atom. The summed E-state index contributed by atoms with van der Waals surface area (Å²) in [5, 5.41) is 3.23. The molecule has 29 heavy (non-hydrogen) atoms. The van der Waals surface area contributed by atoms with Gasteiger partial charge in [-0.05, 0) is 48.5 Å². The number of anilines is 1. The summed E-state index contributed by atoms with van der Waals surface area (Å²) in [4.78, 5) is 16.4. The SMILES string of the molecule is CC(C)(C)[Si](C)(C)Oc1ccc(F)c(C2=NCC(=O)Nc3ccc(Cl)c(Cl)c32)c1. The third kappa shape index (κ3) is 4.34. The van der Waals surface area contributed by atoms with Crippen molar-refractivity contribution in [3.63, 3.8) is 0 Å². The van der Waals surface area contributed by atoms with E-state index in [0.717, 1.165) is 0 Å². The molecule has 0 spiro atoms. The number of carbonyl (C=O) groups is 1. The van der Waals surface area contributed by atoms with E-state index in [1.807, 2.05) is 0 Å². The molecule has 1 N–H and O–H groups in total. The summed E-state index contributed by atoms with van der Waals surface area (Å²) < 4.78 is 21.2. The smallest absolute Gasteiger partial charge is 0.250 e. The number of carbonyl (C=O) groups excluding carboxylic acids is 1. The second-order valence-corrected chi connectivity index (χ2v) is 14.0. The highest BCUT2D eigenvalue weighted by atomic mass is 35.5. The van der Waals surface area contributed by atoms with Crippen LogP contribution < -0.4 is 9.74 Å². The highest BCUT2D eigenvalue weighted by Gasteiger charge is 2.39. The molecule has 0 bridgehead atoms. The zero-order valence-corrected chi connectivity index (χ0v) is 19.5. The van der Waals surface area contributed by atoms with Crippen LogP contribution in [0.1, 0.15) is 31.9 Å². The molecular weight excluding hydrogens is 430 g/mol. The standard InChI is InChI=1S/C21H23Cl2FN2O2Si/c1-21(2,3)29(4,5)28-12-6-8-15(24)13(10-12)20-18-16(26-17(27)11-25-20)9-7-14(22)19(18)23/h6-10H,11H2,1-5H3,(H,26,27). The van der Waals surface area contributed by atoms with Gasteiger partial charge in [-0.2, -0.15) is 0 Å². The number of benzene rings is 2. The first-order chi connectivity index (χ1) is 13.4. The molecule has 0 saturated heterocycles. The van der Waals surface area contributed by atoms with Crippen molar-refractivity contribution >= 4 is 48.8 Å². The summed E-state index contributed by atoms with van der Waals surface area (Å²) in [6.45, 7) is 10.5. The van der Waals surface area contributed by atoms with Gasteiger partial charge in [0.05, 0.1) is 21.4 Å². The first kappa shape index (κ1) is 21.8. The fourth-order valence-electron chi connectivity index (χ4n) is 2.72. The summed E-state index contributed by atoms with van der Waals surface area (Å²) in [7, 11) is -2.12. The van der Waals surface area contributed by atoms with E-state index in [1.54, 1.807) is 24.3 Å². The Hall–Kier alpha value is -1.89. The van der Waals surface area contributed by atoms with Crippen LogP contribution in [0.2, 0.25) is 28.2 Å². The van der Waals surface area contributed by atoms with Gasteiger partial charge in [-0.1, -0.05) is 44.0 Å². The number of benzodiazepines with no additional fused rings is 1. The summed E-state index contributed by atoms with van der Waals surface area (Å²) in [6, 6.07) is 7.79. The van der Waals surface area contributed by atoms with Crippen molar-refractivity contribution in [3.05, 3.63) is 57.3 Å². The molecule has 2 aromatic carbocycles. The van der Waals surface area contributed by atoms with E-state index in [1.165, 1.54) is 6.07 Å². The predicted molar refractivity (Wildman–Crippen MR) is 120 cm³/mol. The number of hydrogen-bond acceptors (Lipinski definition) is 3. The zero-order chi connectivity index (χ0) is 21.6. The molecule has 0 saturated carbocycles. The first-order valence-corrected chi connectivity index (χ1v) is 12.9. The molecule has 1 heterocycles. The maximum atomic E-state index is 14.9. The van der Waals surface area contributed by atoms with Gasteiger partial charge < -0.3 is 9.74 Å². The van der Waals surface area contributed by atoms with E-state index in [4.69, 9.17) is 27.6 Å². The minimum Gasteiger partial charge on any atom is -0.543 e. The molecule has 0 aromatic heterocycles. The highest BCUT2D eigenvalue weighted by molar-refractivity contribution is 6.74. The summed E-state index contributed by atoms with van der Waals surface area (Å²) >= 11 is 12.6. The van der Waals surface area contributed by atoms with Crippen molar-refractivity contribution in [2.24, 2.45) is 4.99 Å². The van der Waals surface area contributed by atoms with Gasteiger partial charge in [0.25, 0.3) is 0 Å². The van der Waals surface area contributed by atoms with Gasteiger partial charge >= 0.3 is 0 Å². The Morgan fingerprint density at radius 2 is 1.86 bits per heavy atom. The van der Waals surface area contributed by atoms with E-state index in [-0.39, 0.29) is 33.8 Å². The molecule has 2 aromatic rings. The number of hydrogen-bond donors (Lipinski definition) is 1. The van der Waals surface area contributed by atoms with Gasteiger partial charge in [-0.3, -0.25) is 9.79 Å². The average Bonchev–Trinajstić information content (AvgIpc) is 2.77.